The maximum Gasteiger partial charge on any atom is 0.417 e. The largest absolute Gasteiger partial charge is 0.465 e. The molecule has 6 nitrogen and oxygen atoms in total. The van der Waals surface area contributed by atoms with Gasteiger partial charge in [-0.2, -0.15) is 26.3 Å². The number of halogens is 6. The van der Waals surface area contributed by atoms with E-state index in [0.29, 0.717) is 0 Å². The first-order valence-electron chi connectivity index (χ1n) is 7.50. The Bertz CT molecular complexity index is 814. The number of alkyl halides is 6. The van der Waals surface area contributed by atoms with Crippen molar-refractivity contribution in [3.05, 3.63) is 29.3 Å². The standard InChI is InChI=1S/C14H14F6N2O4S/c15-13(16,17)8-1-2-10(14(18,19)20)11(7-8)27(25,26)21-9-3-5-22(6-4-9)12(23)24/h1-2,7,9,21H,3-6H2,(H,23,24). The fourth-order valence-corrected chi connectivity index (χ4v) is 4.18. The first-order chi connectivity index (χ1) is 12.2. The van der Waals surface area contributed by atoms with Crippen molar-refractivity contribution >= 4 is 16.1 Å². The predicted octanol–water partition coefficient (Wildman–Crippen LogP) is 3.14. The summed E-state index contributed by atoms with van der Waals surface area (Å²) in [6.45, 7) is -0.117. The van der Waals surface area contributed by atoms with Gasteiger partial charge in [0, 0.05) is 19.1 Å². The molecule has 13 heteroatoms. The molecular weight excluding hydrogens is 406 g/mol. The van der Waals surface area contributed by atoms with Crippen molar-refractivity contribution in [3.8, 4) is 0 Å². The predicted molar refractivity (Wildman–Crippen MR) is 79.4 cm³/mol. The van der Waals surface area contributed by atoms with Crippen LogP contribution in [0.4, 0.5) is 31.1 Å². The lowest BCUT2D eigenvalue weighted by molar-refractivity contribution is -0.143. The first-order valence-corrected chi connectivity index (χ1v) is 8.99. The number of likely N-dealkylation sites (tertiary alicyclic amines) is 1. The third-order valence-electron chi connectivity index (χ3n) is 3.99. The summed E-state index contributed by atoms with van der Waals surface area (Å²) in [6, 6.07) is -0.726. The molecule has 1 saturated heterocycles. The molecule has 2 rings (SSSR count). The van der Waals surface area contributed by atoms with Gasteiger partial charge in [-0.15, -0.1) is 0 Å². The third kappa shape index (κ3) is 5.03. The molecule has 2 N–H and O–H groups in total. The Morgan fingerprint density at radius 1 is 1.07 bits per heavy atom. The maximum absolute atomic E-state index is 13.1. The lowest BCUT2D eigenvalue weighted by Crippen LogP contribution is -2.46. The van der Waals surface area contributed by atoms with E-state index >= 15 is 0 Å². The van der Waals surface area contributed by atoms with Crippen molar-refractivity contribution in [3.63, 3.8) is 0 Å². The van der Waals surface area contributed by atoms with Crippen LogP contribution in [0.15, 0.2) is 23.1 Å². The molecule has 0 bridgehead atoms. The van der Waals surface area contributed by atoms with Crippen LogP contribution in [0.3, 0.4) is 0 Å². The molecule has 0 atom stereocenters. The van der Waals surface area contributed by atoms with Gasteiger partial charge < -0.3 is 10.0 Å². The van der Waals surface area contributed by atoms with Crippen LogP contribution in [0.2, 0.25) is 0 Å². The fourth-order valence-electron chi connectivity index (χ4n) is 2.63. The minimum atomic E-state index is -5.18. The zero-order chi connectivity index (χ0) is 20.6. The molecular formula is C14H14F6N2O4S. The summed E-state index contributed by atoms with van der Waals surface area (Å²) in [6.07, 6.45) is -11.5. The topological polar surface area (TPSA) is 86.7 Å². The van der Waals surface area contributed by atoms with Crippen molar-refractivity contribution in [2.75, 3.05) is 13.1 Å². The highest BCUT2D eigenvalue weighted by Crippen LogP contribution is 2.38. The normalized spacial score (nSPS) is 17.2. The molecule has 0 spiro atoms. The van der Waals surface area contributed by atoms with E-state index in [1.165, 1.54) is 0 Å². The van der Waals surface area contributed by atoms with Gasteiger partial charge in [-0.05, 0) is 31.0 Å². The summed E-state index contributed by atoms with van der Waals surface area (Å²) in [5.41, 5.74) is -3.25. The fraction of sp³-hybridized carbons (Fsp3) is 0.500. The monoisotopic (exact) mass is 420 g/mol. The zero-order valence-electron chi connectivity index (χ0n) is 13.4. The summed E-state index contributed by atoms with van der Waals surface area (Å²) in [5.74, 6) is 0. The van der Waals surface area contributed by atoms with E-state index in [0.717, 1.165) is 4.90 Å². The van der Waals surface area contributed by atoms with Gasteiger partial charge in [0.1, 0.15) is 0 Å². The van der Waals surface area contributed by atoms with Gasteiger partial charge in [0.25, 0.3) is 0 Å². The van der Waals surface area contributed by atoms with Gasteiger partial charge in [0.15, 0.2) is 0 Å². The van der Waals surface area contributed by atoms with E-state index in [1.807, 2.05) is 4.72 Å². The lowest BCUT2D eigenvalue weighted by atomic mass is 10.1. The SMILES string of the molecule is O=C(O)N1CCC(NS(=O)(=O)c2cc(C(F)(F)F)ccc2C(F)(F)F)CC1. The van der Waals surface area contributed by atoms with E-state index in [-0.39, 0.29) is 44.1 Å². The Morgan fingerprint density at radius 3 is 2.07 bits per heavy atom. The van der Waals surface area contributed by atoms with Crippen LogP contribution in [0.1, 0.15) is 24.0 Å². The van der Waals surface area contributed by atoms with Gasteiger partial charge >= 0.3 is 18.4 Å². The van der Waals surface area contributed by atoms with E-state index < -0.39 is 50.5 Å². The van der Waals surface area contributed by atoms with Crippen LogP contribution in [0.5, 0.6) is 0 Å². The van der Waals surface area contributed by atoms with Crippen molar-refractivity contribution in [1.82, 2.24) is 9.62 Å². The highest BCUT2D eigenvalue weighted by Gasteiger charge is 2.41. The number of carbonyl (C=O) groups is 1. The van der Waals surface area contributed by atoms with Crippen LogP contribution in [0, 0.1) is 0 Å². The molecule has 152 valence electrons. The quantitative estimate of drug-likeness (QED) is 0.736. The molecule has 1 amide bonds. The number of amides is 1. The number of hydrogen-bond donors (Lipinski definition) is 2. The zero-order valence-corrected chi connectivity index (χ0v) is 14.2. The summed E-state index contributed by atoms with van der Waals surface area (Å²) >= 11 is 0. The molecule has 1 aliphatic rings. The second-order valence-corrected chi connectivity index (χ2v) is 7.55. The van der Waals surface area contributed by atoms with Crippen molar-refractivity contribution in [1.29, 1.82) is 0 Å². The molecule has 1 heterocycles. The van der Waals surface area contributed by atoms with Gasteiger partial charge in [-0.1, -0.05) is 0 Å². The van der Waals surface area contributed by atoms with E-state index in [2.05, 4.69) is 0 Å². The van der Waals surface area contributed by atoms with Gasteiger partial charge in [0.2, 0.25) is 10.0 Å². The average Bonchev–Trinajstić information content (AvgIpc) is 2.52. The molecule has 0 aromatic heterocycles. The number of benzene rings is 1. The molecule has 0 aliphatic carbocycles. The van der Waals surface area contributed by atoms with E-state index in [4.69, 9.17) is 5.11 Å². The minimum Gasteiger partial charge on any atom is -0.465 e. The summed E-state index contributed by atoms with van der Waals surface area (Å²) < 4.78 is 104. The van der Waals surface area contributed by atoms with Crippen molar-refractivity contribution < 1.29 is 44.7 Å². The van der Waals surface area contributed by atoms with E-state index in [9.17, 15) is 39.6 Å². The molecule has 1 aromatic rings. The smallest absolute Gasteiger partial charge is 0.417 e. The summed E-state index contributed by atoms with van der Waals surface area (Å²) in [5, 5.41) is 8.82. The van der Waals surface area contributed by atoms with E-state index in [1.54, 1.807) is 0 Å². The number of carboxylic acid groups (broad SMARTS) is 1. The maximum atomic E-state index is 13.1. The van der Waals surface area contributed by atoms with Crippen molar-refractivity contribution in [2.24, 2.45) is 0 Å². The average molecular weight is 420 g/mol. The van der Waals surface area contributed by atoms with Crippen molar-refractivity contribution in [2.45, 2.75) is 36.1 Å². The van der Waals surface area contributed by atoms with Crippen LogP contribution in [0.25, 0.3) is 0 Å². The molecule has 1 fully saturated rings. The molecule has 27 heavy (non-hydrogen) atoms. The number of rotatable bonds is 3. The van der Waals surface area contributed by atoms with Crippen LogP contribution in [-0.4, -0.2) is 43.6 Å². The molecule has 0 saturated carbocycles. The highest BCUT2D eigenvalue weighted by atomic mass is 32.2. The first kappa shape index (κ1) is 21.3. The molecule has 0 radical (unpaired) electrons. The van der Waals surface area contributed by atoms with Crippen LogP contribution < -0.4 is 4.72 Å². The number of nitrogens with zero attached hydrogens (tertiary/aromatic N) is 1. The molecule has 1 aliphatic heterocycles. The van der Waals surface area contributed by atoms with Gasteiger partial charge in [0.05, 0.1) is 16.0 Å². The number of nitrogens with one attached hydrogen (secondary N) is 1. The number of sulfonamides is 1. The molecule has 0 unspecified atom stereocenters. The van der Waals surface area contributed by atoms with Gasteiger partial charge in [-0.25, -0.2) is 17.9 Å². The van der Waals surface area contributed by atoms with Gasteiger partial charge in [-0.3, -0.25) is 0 Å². The Morgan fingerprint density at radius 2 is 1.63 bits per heavy atom. The summed E-state index contributed by atoms with van der Waals surface area (Å²) in [7, 11) is -4.93. The Hall–Kier alpha value is -2.02. The second kappa shape index (κ2) is 7.19. The highest BCUT2D eigenvalue weighted by molar-refractivity contribution is 7.89. The second-order valence-electron chi connectivity index (χ2n) is 5.87. The third-order valence-corrected chi connectivity index (χ3v) is 5.55. The molecule has 1 aromatic carbocycles. The van der Waals surface area contributed by atoms with Crippen LogP contribution >= 0.6 is 0 Å². The van der Waals surface area contributed by atoms with Crippen LogP contribution in [-0.2, 0) is 22.4 Å². The Balaban J connectivity index is 2.35. The summed E-state index contributed by atoms with van der Waals surface area (Å²) in [4.78, 5) is 10.3. The number of piperidine rings is 1. The number of hydrogen-bond acceptors (Lipinski definition) is 3. The lowest BCUT2D eigenvalue weighted by Gasteiger charge is -2.30. The Labute approximate surface area is 149 Å². The minimum absolute atomic E-state index is 0.0220. The Kier molecular flexibility index (Phi) is 5.66.